The summed E-state index contributed by atoms with van der Waals surface area (Å²) in [6.07, 6.45) is 0.830. The molecule has 1 aromatic carbocycles. The quantitative estimate of drug-likeness (QED) is 0.881. The molecule has 0 saturated heterocycles. The predicted octanol–water partition coefficient (Wildman–Crippen LogP) is 1.43. The van der Waals surface area contributed by atoms with Gasteiger partial charge in [0.1, 0.15) is 16.5 Å². The summed E-state index contributed by atoms with van der Waals surface area (Å²) in [6.45, 7) is 1.80. The third-order valence-electron chi connectivity index (χ3n) is 2.34. The Balaban J connectivity index is 3.39. The SMILES string of the molecule is CC(CN)c1cc(F)c(S(C)(=O)=O)cc1F. The average Bonchev–Trinajstić information content (AvgIpc) is 2.18. The highest BCUT2D eigenvalue weighted by molar-refractivity contribution is 7.90. The standard InChI is InChI=1S/C10H13F2NO2S/c1-6(5-13)7-3-9(12)10(4-8(7)11)16(2,14)15/h3-4,6H,5,13H2,1-2H3. The van der Waals surface area contributed by atoms with E-state index in [4.69, 9.17) is 5.73 Å². The summed E-state index contributed by atoms with van der Waals surface area (Å²) >= 11 is 0. The first kappa shape index (κ1) is 13.1. The van der Waals surface area contributed by atoms with Gasteiger partial charge in [-0.05, 0) is 30.2 Å². The van der Waals surface area contributed by atoms with Crippen molar-refractivity contribution in [3.05, 3.63) is 29.3 Å². The van der Waals surface area contributed by atoms with Gasteiger partial charge in [-0.1, -0.05) is 6.92 Å². The number of rotatable bonds is 3. The van der Waals surface area contributed by atoms with E-state index in [0.29, 0.717) is 6.07 Å². The van der Waals surface area contributed by atoms with Gasteiger partial charge in [0.15, 0.2) is 9.84 Å². The summed E-state index contributed by atoms with van der Waals surface area (Å²) in [6, 6.07) is 1.59. The van der Waals surface area contributed by atoms with Crippen LogP contribution in [-0.2, 0) is 9.84 Å². The van der Waals surface area contributed by atoms with Crippen LogP contribution in [0.25, 0.3) is 0 Å². The molecule has 0 spiro atoms. The lowest BCUT2D eigenvalue weighted by atomic mass is 10.0. The lowest BCUT2D eigenvalue weighted by Gasteiger charge is -2.11. The van der Waals surface area contributed by atoms with Crippen LogP contribution in [0, 0.1) is 11.6 Å². The van der Waals surface area contributed by atoms with Gasteiger partial charge in [0.05, 0.1) is 0 Å². The molecule has 0 fully saturated rings. The molecule has 0 aliphatic carbocycles. The van der Waals surface area contributed by atoms with Gasteiger partial charge in [-0.15, -0.1) is 0 Å². The number of sulfone groups is 1. The van der Waals surface area contributed by atoms with E-state index in [-0.39, 0.29) is 18.0 Å². The van der Waals surface area contributed by atoms with Gasteiger partial charge in [0.25, 0.3) is 0 Å². The third kappa shape index (κ3) is 2.56. The van der Waals surface area contributed by atoms with Crippen LogP contribution >= 0.6 is 0 Å². The number of hydrogen-bond donors (Lipinski definition) is 1. The van der Waals surface area contributed by atoms with Gasteiger partial charge in [-0.2, -0.15) is 0 Å². The highest BCUT2D eigenvalue weighted by atomic mass is 32.2. The zero-order chi connectivity index (χ0) is 12.5. The molecule has 90 valence electrons. The Morgan fingerprint density at radius 3 is 2.31 bits per heavy atom. The number of hydrogen-bond acceptors (Lipinski definition) is 3. The molecule has 2 N–H and O–H groups in total. The molecule has 0 amide bonds. The van der Waals surface area contributed by atoms with Crippen molar-refractivity contribution in [2.24, 2.45) is 5.73 Å². The maximum absolute atomic E-state index is 13.5. The zero-order valence-corrected chi connectivity index (χ0v) is 9.81. The monoisotopic (exact) mass is 249 g/mol. The molecule has 0 aliphatic heterocycles. The molecule has 0 bridgehead atoms. The first-order valence-corrected chi connectivity index (χ1v) is 6.55. The maximum Gasteiger partial charge on any atom is 0.178 e. The topological polar surface area (TPSA) is 60.2 Å². The fourth-order valence-corrected chi connectivity index (χ4v) is 2.06. The Kier molecular flexibility index (Phi) is 3.64. The Morgan fingerprint density at radius 2 is 1.88 bits per heavy atom. The van der Waals surface area contributed by atoms with Crippen molar-refractivity contribution in [3.63, 3.8) is 0 Å². The van der Waals surface area contributed by atoms with E-state index in [1.807, 2.05) is 0 Å². The first-order valence-electron chi connectivity index (χ1n) is 4.66. The predicted molar refractivity (Wildman–Crippen MR) is 56.9 cm³/mol. The second-order valence-corrected chi connectivity index (χ2v) is 5.70. The summed E-state index contributed by atoms with van der Waals surface area (Å²) < 4.78 is 49.2. The number of nitrogens with two attached hydrogens (primary N) is 1. The van der Waals surface area contributed by atoms with Crippen LogP contribution in [-0.4, -0.2) is 21.2 Å². The molecule has 6 heteroatoms. The van der Waals surface area contributed by atoms with Crippen molar-refractivity contribution in [2.45, 2.75) is 17.7 Å². The average molecular weight is 249 g/mol. The molecular formula is C10H13F2NO2S. The third-order valence-corrected chi connectivity index (χ3v) is 3.45. The Labute approximate surface area is 93.2 Å². The summed E-state index contributed by atoms with van der Waals surface area (Å²) in [5.74, 6) is -2.05. The van der Waals surface area contributed by atoms with Crippen LogP contribution in [0.2, 0.25) is 0 Å². The van der Waals surface area contributed by atoms with Crippen molar-refractivity contribution in [3.8, 4) is 0 Å². The lowest BCUT2D eigenvalue weighted by molar-refractivity contribution is 0.540. The minimum atomic E-state index is -3.75. The number of benzene rings is 1. The molecule has 0 heterocycles. The van der Waals surface area contributed by atoms with E-state index in [1.165, 1.54) is 0 Å². The maximum atomic E-state index is 13.5. The molecule has 0 aliphatic rings. The Bertz CT molecular complexity index is 500. The van der Waals surface area contributed by atoms with Crippen LogP contribution < -0.4 is 5.73 Å². The van der Waals surface area contributed by atoms with Gasteiger partial charge < -0.3 is 5.73 Å². The molecule has 1 unspecified atom stereocenters. The van der Waals surface area contributed by atoms with Gasteiger partial charge >= 0.3 is 0 Å². The molecule has 0 saturated carbocycles. The first-order chi connectivity index (χ1) is 7.27. The highest BCUT2D eigenvalue weighted by Crippen LogP contribution is 2.24. The van der Waals surface area contributed by atoms with Crippen molar-refractivity contribution in [1.29, 1.82) is 0 Å². The second kappa shape index (κ2) is 4.47. The zero-order valence-electron chi connectivity index (χ0n) is 9.00. The molecule has 0 aromatic heterocycles. The molecule has 1 rings (SSSR count). The van der Waals surface area contributed by atoms with Crippen LogP contribution in [0.3, 0.4) is 0 Å². The minimum absolute atomic E-state index is 0.0902. The summed E-state index contributed by atoms with van der Waals surface area (Å²) in [5, 5.41) is 0. The fraction of sp³-hybridized carbons (Fsp3) is 0.400. The van der Waals surface area contributed by atoms with Gasteiger partial charge in [0.2, 0.25) is 0 Å². The summed E-state index contributed by atoms with van der Waals surface area (Å²) in [7, 11) is -3.75. The summed E-state index contributed by atoms with van der Waals surface area (Å²) in [4.78, 5) is -0.627. The van der Waals surface area contributed by atoms with Crippen molar-refractivity contribution < 1.29 is 17.2 Å². The smallest absolute Gasteiger partial charge is 0.178 e. The molecular weight excluding hydrogens is 236 g/mol. The Morgan fingerprint density at radius 1 is 1.31 bits per heavy atom. The fourth-order valence-electron chi connectivity index (χ4n) is 1.33. The molecule has 1 aromatic rings. The largest absolute Gasteiger partial charge is 0.330 e. The number of halogens is 2. The van der Waals surface area contributed by atoms with E-state index in [9.17, 15) is 17.2 Å². The normalized spacial score (nSPS) is 13.8. The van der Waals surface area contributed by atoms with Gasteiger partial charge in [-0.25, -0.2) is 17.2 Å². The van der Waals surface area contributed by atoms with Crippen molar-refractivity contribution in [1.82, 2.24) is 0 Å². The lowest BCUT2D eigenvalue weighted by Crippen LogP contribution is -2.12. The van der Waals surface area contributed by atoms with Crippen LogP contribution in [0.15, 0.2) is 17.0 Å². The van der Waals surface area contributed by atoms with E-state index in [2.05, 4.69) is 0 Å². The highest BCUT2D eigenvalue weighted by Gasteiger charge is 2.19. The van der Waals surface area contributed by atoms with E-state index < -0.39 is 26.4 Å². The molecule has 16 heavy (non-hydrogen) atoms. The molecule has 3 nitrogen and oxygen atoms in total. The Hall–Kier alpha value is -1.01. The van der Waals surface area contributed by atoms with Crippen molar-refractivity contribution >= 4 is 9.84 Å². The molecule has 0 radical (unpaired) electrons. The summed E-state index contributed by atoms with van der Waals surface area (Å²) in [5.41, 5.74) is 5.43. The van der Waals surface area contributed by atoms with E-state index >= 15 is 0 Å². The molecule has 1 atom stereocenters. The van der Waals surface area contributed by atoms with Gasteiger partial charge in [0, 0.05) is 6.26 Å². The minimum Gasteiger partial charge on any atom is -0.330 e. The van der Waals surface area contributed by atoms with Crippen LogP contribution in [0.4, 0.5) is 8.78 Å². The van der Waals surface area contributed by atoms with Crippen molar-refractivity contribution in [2.75, 3.05) is 12.8 Å². The second-order valence-electron chi connectivity index (χ2n) is 3.71. The van der Waals surface area contributed by atoms with Crippen LogP contribution in [0.5, 0.6) is 0 Å². The van der Waals surface area contributed by atoms with E-state index in [1.54, 1.807) is 6.92 Å². The van der Waals surface area contributed by atoms with Gasteiger partial charge in [-0.3, -0.25) is 0 Å². The van der Waals surface area contributed by atoms with Crippen LogP contribution in [0.1, 0.15) is 18.4 Å². The van der Waals surface area contributed by atoms with E-state index in [0.717, 1.165) is 12.3 Å².